The number of likely N-dealkylation sites (N-methyl/N-ethyl adjacent to an activating group) is 1. The second-order valence-corrected chi connectivity index (χ2v) is 9.08. The summed E-state index contributed by atoms with van der Waals surface area (Å²) in [6.45, 7) is 3.86. The second kappa shape index (κ2) is 5.36. The van der Waals surface area contributed by atoms with Crippen LogP contribution in [0.5, 0.6) is 0 Å². The van der Waals surface area contributed by atoms with Gasteiger partial charge < -0.3 is 0 Å². The molecule has 0 saturated carbocycles. The summed E-state index contributed by atoms with van der Waals surface area (Å²) in [6, 6.07) is 0. The molecule has 0 amide bonds. The fourth-order valence-electron chi connectivity index (χ4n) is 1.78. The number of piperazine rings is 1. The van der Waals surface area contributed by atoms with Crippen LogP contribution in [0.2, 0.25) is 0 Å². The Morgan fingerprint density at radius 1 is 1.19 bits per heavy atom. The van der Waals surface area contributed by atoms with E-state index in [9.17, 15) is 8.40 Å². The van der Waals surface area contributed by atoms with Gasteiger partial charge in [-0.2, -0.15) is 0 Å². The number of rotatable bonds is 2. The van der Waals surface area contributed by atoms with Gasteiger partial charge in [0, 0.05) is 0 Å². The molecule has 8 heteroatoms. The van der Waals surface area contributed by atoms with Crippen LogP contribution in [0.4, 0.5) is 0 Å². The van der Waals surface area contributed by atoms with E-state index in [4.69, 9.17) is 7.64 Å². The molecule has 2 fully saturated rings. The molecule has 2 saturated heterocycles. The number of hydrogen-bond acceptors (Lipinski definition) is 6. The maximum atomic E-state index is 12.3. The van der Waals surface area contributed by atoms with Crippen LogP contribution in [0.15, 0.2) is 0 Å². The molecular formula is C8H17N2O4PSe. The molecule has 2 aliphatic rings. The van der Waals surface area contributed by atoms with Crippen molar-refractivity contribution < 1.29 is 16.0 Å². The zero-order valence-corrected chi connectivity index (χ0v) is 11.9. The Balaban J connectivity index is 1.84. The van der Waals surface area contributed by atoms with Crippen LogP contribution in [0.1, 0.15) is 0 Å². The van der Waals surface area contributed by atoms with Crippen molar-refractivity contribution >= 4 is 21.6 Å². The van der Waals surface area contributed by atoms with Crippen molar-refractivity contribution in [2.24, 2.45) is 0 Å². The molecule has 2 rings (SSSR count). The van der Waals surface area contributed by atoms with E-state index >= 15 is 0 Å². The van der Waals surface area contributed by atoms with Crippen LogP contribution in [-0.4, -0.2) is 76.5 Å². The summed E-state index contributed by atoms with van der Waals surface area (Å²) in [5.41, 5.74) is 0. The van der Waals surface area contributed by atoms with E-state index < -0.39 is 21.6 Å². The predicted molar refractivity (Wildman–Crippen MR) is 59.9 cm³/mol. The molecule has 16 heavy (non-hydrogen) atoms. The summed E-state index contributed by atoms with van der Waals surface area (Å²) in [4.78, 5) is 4.43. The van der Waals surface area contributed by atoms with Crippen molar-refractivity contribution in [3.05, 3.63) is 0 Å². The predicted octanol–water partition coefficient (Wildman–Crippen LogP) is -0.0684. The van der Waals surface area contributed by atoms with Gasteiger partial charge >= 0.3 is 99.7 Å². The Morgan fingerprint density at radius 3 is 2.31 bits per heavy atom. The van der Waals surface area contributed by atoms with Crippen molar-refractivity contribution in [3.8, 4) is 0 Å². The van der Waals surface area contributed by atoms with E-state index in [1.165, 1.54) is 0 Å². The van der Waals surface area contributed by atoms with E-state index in [0.29, 0.717) is 6.29 Å². The van der Waals surface area contributed by atoms with Crippen molar-refractivity contribution in [1.82, 2.24) is 9.80 Å². The van der Waals surface area contributed by atoms with Crippen LogP contribution >= 0.6 is 7.14 Å². The molecule has 94 valence electrons. The molecule has 0 aromatic carbocycles. The molecule has 0 unspecified atom stereocenters. The average molecular weight is 315 g/mol. The third-order valence-corrected chi connectivity index (χ3v) is 7.02. The van der Waals surface area contributed by atoms with E-state index in [1.807, 2.05) is 0 Å². The SMILES string of the molecule is CN1CCN(CP2(=O)CO[Se](=O)OC2)CC1. The van der Waals surface area contributed by atoms with E-state index in [2.05, 4.69) is 16.8 Å². The van der Waals surface area contributed by atoms with Gasteiger partial charge in [-0.1, -0.05) is 0 Å². The molecule has 2 heterocycles. The molecule has 0 aliphatic carbocycles. The molecule has 0 aromatic rings. The third kappa shape index (κ3) is 3.44. The van der Waals surface area contributed by atoms with Crippen LogP contribution in [0.3, 0.4) is 0 Å². The van der Waals surface area contributed by atoms with Gasteiger partial charge in [0.2, 0.25) is 0 Å². The first kappa shape index (κ1) is 12.8. The minimum absolute atomic E-state index is 0.119. The van der Waals surface area contributed by atoms with Crippen LogP contribution in [0.25, 0.3) is 0 Å². The quantitative estimate of drug-likeness (QED) is 0.525. The van der Waals surface area contributed by atoms with Gasteiger partial charge in [0.15, 0.2) is 0 Å². The van der Waals surface area contributed by atoms with E-state index in [1.54, 1.807) is 0 Å². The molecule has 0 spiro atoms. The van der Waals surface area contributed by atoms with Crippen LogP contribution < -0.4 is 0 Å². The first-order valence-corrected chi connectivity index (χ1v) is 9.60. The Hall–Kier alpha value is 0.389. The summed E-state index contributed by atoms with van der Waals surface area (Å²) in [7, 11) is -0.362. The van der Waals surface area contributed by atoms with Crippen LogP contribution in [0, 0.1) is 0 Å². The number of nitrogens with zero attached hydrogens (tertiary/aromatic N) is 2. The van der Waals surface area contributed by atoms with Gasteiger partial charge in [0.05, 0.1) is 0 Å². The third-order valence-electron chi connectivity index (χ3n) is 2.82. The molecular weight excluding hydrogens is 298 g/mol. The fraction of sp³-hybridized carbons (Fsp3) is 1.00. The number of hydrogen-bond donors (Lipinski definition) is 0. The first-order valence-electron chi connectivity index (χ1n) is 5.24. The fourth-order valence-corrected chi connectivity index (χ4v) is 7.24. The monoisotopic (exact) mass is 316 g/mol. The van der Waals surface area contributed by atoms with Crippen molar-refractivity contribution in [1.29, 1.82) is 0 Å². The van der Waals surface area contributed by atoms with Gasteiger partial charge in [0.25, 0.3) is 0 Å². The van der Waals surface area contributed by atoms with Crippen molar-refractivity contribution in [3.63, 3.8) is 0 Å². The topological polar surface area (TPSA) is 59.1 Å². The van der Waals surface area contributed by atoms with Crippen molar-refractivity contribution in [2.75, 3.05) is 52.2 Å². The summed E-state index contributed by atoms with van der Waals surface area (Å²) in [5.74, 6) is 0. The zero-order valence-electron chi connectivity index (χ0n) is 9.33. The Bertz CT molecular complexity index is 305. The van der Waals surface area contributed by atoms with E-state index in [0.717, 1.165) is 26.2 Å². The molecule has 0 radical (unpaired) electrons. The van der Waals surface area contributed by atoms with E-state index in [-0.39, 0.29) is 12.7 Å². The summed E-state index contributed by atoms with van der Waals surface area (Å²) >= 11 is -2.57. The maximum absolute atomic E-state index is 12.3. The second-order valence-electron chi connectivity index (χ2n) is 4.32. The summed E-state index contributed by atoms with van der Waals surface area (Å²) < 4.78 is 33.0. The minimum atomic E-state index is -2.57. The summed E-state index contributed by atoms with van der Waals surface area (Å²) in [5, 5.41) is 0. The van der Waals surface area contributed by atoms with Gasteiger partial charge in [-0.25, -0.2) is 0 Å². The molecule has 2 aliphatic heterocycles. The molecule has 0 atom stereocenters. The first-order chi connectivity index (χ1) is 7.57. The van der Waals surface area contributed by atoms with Gasteiger partial charge in [-0.05, 0) is 0 Å². The van der Waals surface area contributed by atoms with Gasteiger partial charge in [-0.3, -0.25) is 0 Å². The zero-order chi connectivity index (χ0) is 11.6. The molecule has 0 N–H and O–H groups in total. The summed E-state index contributed by atoms with van der Waals surface area (Å²) in [6.07, 6.45) is 0.765. The Labute approximate surface area is 100.0 Å². The van der Waals surface area contributed by atoms with Gasteiger partial charge in [0.1, 0.15) is 0 Å². The van der Waals surface area contributed by atoms with Crippen LogP contribution in [-0.2, 0) is 16.0 Å². The molecule has 0 bridgehead atoms. The van der Waals surface area contributed by atoms with Gasteiger partial charge in [-0.15, -0.1) is 0 Å². The van der Waals surface area contributed by atoms with Crippen molar-refractivity contribution in [2.45, 2.75) is 0 Å². The average Bonchev–Trinajstić information content (AvgIpc) is 2.27. The normalized spacial score (nSPS) is 38.7. The standard InChI is InChI=1S/C8H17N2O4PSe/c1-9-2-4-10(5-3-9)6-15(11)7-13-16(12)14-8-15/h2-8H2,1H3. The Kier molecular flexibility index (Phi) is 4.30. The Morgan fingerprint density at radius 2 is 1.75 bits per heavy atom. The molecule has 0 aromatic heterocycles. The molecule has 6 nitrogen and oxygen atoms in total.